The predicted molar refractivity (Wildman–Crippen MR) is 211 cm³/mol. The molecule has 7 aromatic carbocycles. The summed E-state index contributed by atoms with van der Waals surface area (Å²) in [6.07, 6.45) is -0.431. The van der Waals surface area contributed by atoms with Crippen molar-refractivity contribution in [2.75, 3.05) is 0 Å². The first-order valence-electron chi connectivity index (χ1n) is 16.9. The Hall–Kier alpha value is -6.30. The van der Waals surface area contributed by atoms with E-state index in [1.54, 1.807) is 0 Å². The number of hydrogen-bond acceptors (Lipinski definition) is 4. The van der Waals surface area contributed by atoms with Gasteiger partial charge in [0, 0.05) is 48.6 Å². The van der Waals surface area contributed by atoms with Gasteiger partial charge in [-0.05, 0) is 41.5 Å². The SMILES string of the molecule is c1ccc(C2=NC(c3cccc(-n4c5ccccc5c5ccc6c7ccccc7sc6c54)c3)N=C(c3cccc(-c4ccccc4)c3)N2)cc1. The van der Waals surface area contributed by atoms with Crippen LogP contribution in [-0.4, -0.2) is 16.2 Å². The summed E-state index contributed by atoms with van der Waals surface area (Å²) in [5.41, 5.74) is 8.91. The van der Waals surface area contributed by atoms with E-state index in [1.165, 1.54) is 47.5 Å². The van der Waals surface area contributed by atoms with Crippen LogP contribution in [0.1, 0.15) is 22.9 Å². The summed E-state index contributed by atoms with van der Waals surface area (Å²) in [6, 6.07) is 60.2. The molecule has 0 aliphatic carbocycles. The minimum absolute atomic E-state index is 0.431. The summed E-state index contributed by atoms with van der Waals surface area (Å²) in [4.78, 5) is 10.5. The first-order valence-corrected chi connectivity index (χ1v) is 17.7. The van der Waals surface area contributed by atoms with Crippen molar-refractivity contribution >= 4 is 65.0 Å². The molecule has 0 amide bonds. The Morgan fingerprint density at radius 2 is 1.12 bits per heavy atom. The number of hydrogen-bond donors (Lipinski definition) is 1. The lowest BCUT2D eigenvalue weighted by Crippen LogP contribution is -2.36. The highest BCUT2D eigenvalue weighted by molar-refractivity contribution is 7.26. The number of aliphatic imine (C=N–C) groups is 2. The van der Waals surface area contributed by atoms with E-state index >= 15 is 0 Å². The molecule has 236 valence electrons. The summed E-state index contributed by atoms with van der Waals surface area (Å²) in [7, 11) is 0. The summed E-state index contributed by atoms with van der Waals surface area (Å²) in [6.45, 7) is 0. The zero-order valence-corrected chi connectivity index (χ0v) is 27.8. The molecule has 1 unspecified atom stereocenters. The van der Waals surface area contributed by atoms with Crippen LogP contribution in [0.2, 0.25) is 0 Å². The van der Waals surface area contributed by atoms with Crippen LogP contribution >= 0.6 is 11.3 Å². The van der Waals surface area contributed by atoms with Gasteiger partial charge in [0.05, 0.1) is 15.7 Å². The second kappa shape index (κ2) is 11.7. The van der Waals surface area contributed by atoms with Crippen molar-refractivity contribution in [3.63, 3.8) is 0 Å². The number of amidine groups is 2. The maximum Gasteiger partial charge on any atom is 0.169 e. The van der Waals surface area contributed by atoms with Gasteiger partial charge in [-0.1, -0.05) is 140 Å². The third-order valence-electron chi connectivity index (χ3n) is 9.64. The number of fused-ring (bicyclic) bond motifs is 7. The van der Waals surface area contributed by atoms with E-state index in [-0.39, 0.29) is 0 Å². The van der Waals surface area contributed by atoms with Crippen LogP contribution in [0, 0.1) is 0 Å². The maximum atomic E-state index is 5.27. The predicted octanol–water partition coefficient (Wildman–Crippen LogP) is 11.3. The smallest absolute Gasteiger partial charge is 0.169 e. The minimum Gasteiger partial charge on any atom is -0.324 e. The average molecular weight is 659 g/mol. The van der Waals surface area contributed by atoms with Crippen molar-refractivity contribution in [1.82, 2.24) is 9.88 Å². The zero-order chi connectivity index (χ0) is 33.0. The molecule has 1 N–H and O–H groups in total. The van der Waals surface area contributed by atoms with E-state index in [0.717, 1.165) is 39.6 Å². The highest BCUT2D eigenvalue weighted by Gasteiger charge is 2.23. The molecule has 0 saturated heterocycles. The first-order chi connectivity index (χ1) is 24.8. The number of para-hydroxylation sites is 1. The Morgan fingerprint density at radius 3 is 1.96 bits per heavy atom. The van der Waals surface area contributed by atoms with Gasteiger partial charge in [0.1, 0.15) is 11.7 Å². The van der Waals surface area contributed by atoms with Crippen molar-refractivity contribution in [2.45, 2.75) is 6.17 Å². The fourth-order valence-electron chi connectivity index (χ4n) is 7.29. The van der Waals surface area contributed by atoms with Crippen LogP contribution in [0.4, 0.5) is 0 Å². The molecule has 0 bridgehead atoms. The normalized spacial score (nSPS) is 14.6. The van der Waals surface area contributed by atoms with Crippen LogP contribution in [-0.2, 0) is 0 Å². The van der Waals surface area contributed by atoms with E-state index in [2.05, 4.69) is 155 Å². The molecule has 0 fully saturated rings. The van der Waals surface area contributed by atoms with Gasteiger partial charge in [0.25, 0.3) is 0 Å². The molecule has 0 saturated carbocycles. The number of nitrogens with zero attached hydrogens (tertiary/aromatic N) is 3. The number of nitrogens with one attached hydrogen (secondary N) is 1. The molecule has 3 heterocycles. The van der Waals surface area contributed by atoms with Gasteiger partial charge >= 0.3 is 0 Å². The lowest BCUT2D eigenvalue weighted by atomic mass is 10.0. The summed E-state index contributed by atoms with van der Waals surface area (Å²) < 4.78 is 5.04. The Balaban J connectivity index is 1.15. The molecule has 1 aliphatic heterocycles. The third kappa shape index (κ3) is 4.74. The van der Waals surface area contributed by atoms with Crippen molar-refractivity contribution < 1.29 is 0 Å². The van der Waals surface area contributed by atoms with E-state index in [4.69, 9.17) is 9.98 Å². The number of aromatic nitrogens is 1. The molecular weight excluding hydrogens is 629 g/mol. The molecule has 4 nitrogen and oxygen atoms in total. The van der Waals surface area contributed by atoms with E-state index in [1.807, 2.05) is 35.6 Å². The summed E-state index contributed by atoms with van der Waals surface area (Å²) in [5.74, 6) is 1.61. The molecule has 0 radical (unpaired) electrons. The van der Waals surface area contributed by atoms with E-state index in [9.17, 15) is 0 Å². The van der Waals surface area contributed by atoms with Crippen LogP contribution < -0.4 is 5.32 Å². The fraction of sp³-hybridized carbons (Fsp3) is 0.0222. The molecule has 10 rings (SSSR count). The number of rotatable bonds is 5. The van der Waals surface area contributed by atoms with Crippen molar-refractivity contribution in [2.24, 2.45) is 9.98 Å². The molecular formula is C45H30N4S. The molecule has 1 atom stereocenters. The average Bonchev–Trinajstić information content (AvgIpc) is 3.75. The molecule has 5 heteroatoms. The van der Waals surface area contributed by atoms with E-state index in [0.29, 0.717) is 0 Å². The van der Waals surface area contributed by atoms with Gasteiger partial charge in [-0.25, -0.2) is 9.98 Å². The third-order valence-corrected chi connectivity index (χ3v) is 10.8. The second-order valence-electron chi connectivity index (χ2n) is 12.7. The van der Waals surface area contributed by atoms with Crippen molar-refractivity contribution in [3.8, 4) is 16.8 Å². The second-order valence-corrected chi connectivity index (χ2v) is 13.7. The van der Waals surface area contributed by atoms with Gasteiger partial charge < -0.3 is 9.88 Å². The highest BCUT2D eigenvalue weighted by atomic mass is 32.1. The van der Waals surface area contributed by atoms with E-state index < -0.39 is 6.17 Å². The van der Waals surface area contributed by atoms with Crippen LogP contribution in [0.3, 0.4) is 0 Å². The monoisotopic (exact) mass is 658 g/mol. The largest absolute Gasteiger partial charge is 0.324 e. The van der Waals surface area contributed by atoms with Crippen molar-refractivity contribution in [1.29, 1.82) is 0 Å². The topological polar surface area (TPSA) is 41.7 Å². The number of benzene rings is 7. The van der Waals surface area contributed by atoms with Gasteiger partial charge in [-0.2, -0.15) is 0 Å². The summed E-state index contributed by atoms with van der Waals surface area (Å²) >= 11 is 1.87. The van der Waals surface area contributed by atoms with Gasteiger partial charge in [0.15, 0.2) is 6.17 Å². The highest BCUT2D eigenvalue weighted by Crippen LogP contribution is 2.43. The Labute approximate surface area is 293 Å². The van der Waals surface area contributed by atoms with Crippen LogP contribution in [0.15, 0.2) is 180 Å². The molecule has 2 aromatic heterocycles. The quantitative estimate of drug-likeness (QED) is 0.196. The Bertz CT molecular complexity index is 2790. The Morgan fingerprint density at radius 1 is 0.480 bits per heavy atom. The standard InChI is InChI=1S/C45H30N4S/c1-3-13-29(14-4-1)31-17-11-18-32(27-31)44-46-43(30-15-5-2-6-16-30)47-45(48-44)33-19-12-20-34(28-33)49-39-23-9-7-21-35(39)37-25-26-38-36-22-8-10-24-40(36)50-42(38)41(37)49/h1-28,45H,(H,46,47,48). The first kappa shape index (κ1) is 28.7. The van der Waals surface area contributed by atoms with Gasteiger partial charge in [0.2, 0.25) is 0 Å². The maximum absolute atomic E-state index is 5.27. The van der Waals surface area contributed by atoms with Crippen molar-refractivity contribution in [3.05, 3.63) is 187 Å². The molecule has 50 heavy (non-hydrogen) atoms. The minimum atomic E-state index is -0.431. The Kier molecular flexibility index (Phi) is 6.71. The van der Waals surface area contributed by atoms with Gasteiger partial charge in [-0.15, -0.1) is 11.3 Å². The van der Waals surface area contributed by atoms with Crippen LogP contribution in [0.25, 0.3) is 58.8 Å². The van der Waals surface area contributed by atoms with Gasteiger partial charge in [-0.3, -0.25) is 0 Å². The fourth-order valence-corrected chi connectivity index (χ4v) is 8.53. The zero-order valence-electron chi connectivity index (χ0n) is 27.0. The number of thiophene rings is 1. The molecule has 9 aromatic rings. The lowest BCUT2D eigenvalue weighted by Gasteiger charge is -2.23. The molecule has 0 spiro atoms. The molecule has 1 aliphatic rings. The van der Waals surface area contributed by atoms with Crippen LogP contribution in [0.5, 0.6) is 0 Å². The summed E-state index contributed by atoms with van der Waals surface area (Å²) in [5, 5.41) is 8.68. The lowest BCUT2D eigenvalue weighted by molar-refractivity contribution is 0.755.